The maximum absolute atomic E-state index is 15.0. The number of nitrogens with two attached hydrogens (primary N) is 3. The van der Waals surface area contributed by atoms with Crippen LogP contribution < -0.4 is 42.6 Å². The fourth-order valence-corrected chi connectivity index (χ4v) is 9.46. The van der Waals surface area contributed by atoms with E-state index in [9.17, 15) is 55.2 Å². The van der Waals surface area contributed by atoms with Crippen LogP contribution in [0.1, 0.15) is 67.8 Å². The van der Waals surface area contributed by atoms with Gasteiger partial charge in [0.1, 0.15) is 41.7 Å². The van der Waals surface area contributed by atoms with Gasteiger partial charge >= 0.3 is 0 Å². The fraction of sp³-hybridized carbons (Fsp3) is 0.426. The van der Waals surface area contributed by atoms with Gasteiger partial charge in [0, 0.05) is 85.9 Å². The first kappa shape index (κ1) is 51.2. The van der Waals surface area contributed by atoms with Gasteiger partial charge in [0.05, 0.1) is 36.8 Å². The molecule has 2 aromatic rings. The van der Waals surface area contributed by atoms with Crippen LogP contribution in [-0.4, -0.2) is 152 Å². The summed E-state index contributed by atoms with van der Waals surface area (Å²) in [7, 11) is 2.63. The Labute approximate surface area is 400 Å². The number of hydrogen-bond donors (Lipinski definition) is 14. The number of aliphatic hydroxyl groups is 7. The highest BCUT2D eigenvalue weighted by atomic mass is 16.8. The van der Waals surface area contributed by atoms with Crippen molar-refractivity contribution in [2.45, 2.75) is 74.9 Å². The largest absolute Gasteiger partial charge is 0.507 e. The number of nitrogens with one attached hydrogen (secondary N) is 3. The molecule has 1 aliphatic carbocycles. The summed E-state index contributed by atoms with van der Waals surface area (Å²) >= 11 is 0. The standard InChI is InChI=1S/C47H58N8O15/c1-51-45(50)54-18-28-25(12-22(4-3-11-56)24-5-6-32(48)53-17-24)13-27-37(40(28)62)41(63)38-31(15-30(68-2)29(20-57)36(38)39(27)61)69-44-42(64)43(65)46(66,47(67,21-58)70-44)16-26(23-9-10-52-33(49)14-23)19-55-34(59)7-8-35(55)60/h5-9,13-15,17,22,26,32,42-44,52-53,56-58,62,64-67H,3-4,10-12,16,18-21,48-49H2,1-2H3,(H3,50,51,54). The third-order valence-corrected chi connectivity index (χ3v) is 13.3. The zero-order chi connectivity index (χ0) is 50.8. The first-order valence-corrected chi connectivity index (χ1v) is 22.3. The fourth-order valence-electron chi connectivity index (χ4n) is 9.46. The van der Waals surface area contributed by atoms with E-state index in [1.165, 1.54) is 26.3 Å². The summed E-state index contributed by atoms with van der Waals surface area (Å²) in [5.41, 5.74) is 14.8. The van der Waals surface area contributed by atoms with Gasteiger partial charge in [0.25, 0.3) is 11.8 Å². The summed E-state index contributed by atoms with van der Waals surface area (Å²) in [5, 5.41) is 99.9. The first-order valence-electron chi connectivity index (χ1n) is 22.3. The van der Waals surface area contributed by atoms with E-state index >= 15 is 4.79 Å². The van der Waals surface area contributed by atoms with Crippen LogP contribution in [0.25, 0.3) is 0 Å². The van der Waals surface area contributed by atoms with Crippen molar-refractivity contribution in [1.29, 1.82) is 0 Å². The van der Waals surface area contributed by atoms with Crippen molar-refractivity contribution in [1.82, 2.24) is 20.9 Å². The molecular formula is C47H58N8O15. The van der Waals surface area contributed by atoms with Gasteiger partial charge in [-0.1, -0.05) is 12.2 Å². The average Bonchev–Trinajstić information content (AvgIpc) is 3.66. The second kappa shape index (κ2) is 20.7. The van der Waals surface area contributed by atoms with Crippen LogP contribution in [0.5, 0.6) is 17.2 Å². The molecule has 4 aliphatic heterocycles. The molecule has 8 unspecified atom stereocenters. The summed E-state index contributed by atoms with van der Waals surface area (Å²) < 4.78 is 17.3. The van der Waals surface area contributed by atoms with Gasteiger partial charge in [-0.05, 0) is 66.5 Å². The van der Waals surface area contributed by atoms with Crippen LogP contribution in [0.15, 0.2) is 76.7 Å². The molecule has 376 valence electrons. The number of allylic oxidation sites excluding steroid dienone is 3. The number of hydrogen-bond acceptors (Lipinski definition) is 20. The number of carbonyl (C=O) groups is 4. The number of nitrogens with zero attached hydrogens (tertiary/aromatic N) is 2. The predicted octanol–water partition coefficient (Wildman–Crippen LogP) is -2.91. The molecule has 0 radical (unpaired) electrons. The lowest BCUT2D eigenvalue weighted by atomic mass is 9.73. The second-order valence-electron chi connectivity index (χ2n) is 17.4. The number of amides is 2. The lowest BCUT2D eigenvalue weighted by Crippen LogP contribution is -2.75. The number of ether oxygens (including phenoxy) is 3. The predicted molar refractivity (Wildman–Crippen MR) is 247 cm³/mol. The van der Waals surface area contributed by atoms with E-state index in [0.717, 1.165) is 28.7 Å². The molecule has 0 saturated carbocycles. The smallest absolute Gasteiger partial charge is 0.253 e. The van der Waals surface area contributed by atoms with E-state index in [1.807, 2.05) is 6.08 Å². The molecule has 23 nitrogen and oxygen atoms in total. The molecular weight excluding hydrogens is 917 g/mol. The van der Waals surface area contributed by atoms with Crippen LogP contribution in [0.4, 0.5) is 0 Å². The van der Waals surface area contributed by atoms with Gasteiger partial charge in [-0.25, -0.2) is 0 Å². The second-order valence-corrected chi connectivity index (χ2v) is 17.4. The quantitative estimate of drug-likeness (QED) is 0.0345. The monoisotopic (exact) mass is 974 g/mol. The molecule has 0 bridgehead atoms. The number of aliphatic imine (C=N–C) groups is 1. The van der Waals surface area contributed by atoms with E-state index in [-0.39, 0.29) is 66.3 Å². The number of rotatable bonds is 18. The Balaban J connectivity index is 1.29. The number of benzene rings is 2. The molecule has 8 atom stereocenters. The number of carbonyl (C=O) groups excluding carboxylic acids is 4. The summed E-state index contributed by atoms with van der Waals surface area (Å²) in [4.78, 5) is 60.0. The molecule has 5 aliphatic rings. The molecule has 23 heteroatoms. The molecule has 0 spiro atoms. The molecule has 1 fully saturated rings. The van der Waals surface area contributed by atoms with Crippen molar-refractivity contribution >= 4 is 29.3 Å². The third-order valence-electron chi connectivity index (χ3n) is 13.3. The zero-order valence-electron chi connectivity index (χ0n) is 38.3. The molecule has 2 aromatic carbocycles. The van der Waals surface area contributed by atoms with Crippen molar-refractivity contribution in [2.75, 3.05) is 40.5 Å². The summed E-state index contributed by atoms with van der Waals surface area (Å²) in [6.45, 7) is -2.84. The van der Waals surface area contributed by atoms with Gasteiger partial charge in [-0.2, -0.15) is 0 Å². The highest BCUT2D eigenvalue weighted by Gasteiger charge is 2.65. The maximum Gasteiger partial charge on any atom is 0.253 e. The number of phenols is 1. The van der Waals surface area contributed by atoms with Crippen LogP contribution in [0.3, 0.4) is 0 Å². The minimum absolute atomic E-state index is 0.0170. The lowest BCUT2D eigenvalue weighted by molar-refractivity contribution is -0.420. The highest BCUT2D eigenvalue weighted by molar-refractivity contribution is 6.31. The molecule has 70 heavy (non-hydrogen) atoms. The van der Waals surface area contributed by atoms with Gasteiger partial charge < -0.3 is 88.2 Å². The number of methoxy groups -OCH3 is 1. The van der Waals surface area contributed by atoms with Crippen molar-refractivity contribution < 1.29 is 74.2 Å². The Morgan fingerprint density at radius 2 is 1.73 bits per heavy atom. The van der Waals surface area contributed by atoms with Gasteiger partial charge in [-0.3, -0.25) is 29.1 Å². The Morgan fingerprint density at radius 1 is 1.00 bits per heavy atom. The van der Waals surface area contributed by atoms with Crippen molar-refractivity contribution in [2.24, 2.45) is 34.0 Å². The summed E-state index contributed by atoms with van der Waals surface area (Å²) in [5.74, 6) is -9.11. The summed E-state index contributed by atoms with van der Waals surface area (Å²) in [6.07, 6.45) is 3.26. The van der Waals surface area contributed by atoms with Crippen molar-refractivity contribution in [3.63, 3.8) is 0 Å². The maximum atomic E-state index is 15.0. The SMILES string of the molecule is CN=C(N)NCc1c(CC(CCCO)C2=CNC(N)C=C2)cc2c(c1O)C(=O)c1c(OC3OC(O)(CO)C(O)(CC(CN4C(=O)C=CC4=O)C4=CCNC(N)=C4)C(O)C3O)cc(OC)c(CO)c1C2=O. The normalized spacial score (nSPS) is 26.1. The Bertz CT molecular complexity index is 2610. The topological polar surface area (TPSA) is 388 Å². The number of aromatic hydroxyl groups is 1. The number of dihydropyridines is 2. The van der Waals surface area contributed by atoms with Gasteiger partial charge in [0.2, 0.25) is 17.9 Å². The van der Waals surface area contributed by atoms with E-state index in [1.54, 1.807) is 18.4 Å². The lowest BCUT2D eigenvalue weighted by Gasteiger charge is -2.53. The van der Waals surface area contributed by atoms with E-state index in [4.69, 9.17) is 31.4 Å². The Kier molecular flexibility index (Phi) is 15.2. The minimum atomic E-state index is -3.20. The van der Waals surface area contributed by atoms with Gasteiger partial charge in [0.15, 0.2) is 11.7 Å². The minimum Gasteiger partial charge on any atom is -0.507 e. The van der Waals surface area contributed by atoms with Crippen LogP contribution in [-0.2, 0) is 33.9 Å². The average molecular weight is 975 g/mol. The first-order chi connectivity index (χ1) is 33.3. The third kappa shape index (κ3) is 9.49. The molecule has 2 amide bonds. The van der Waals surface area contributed by atoms with Crippen LogP contribution in [0, 0.1) is 11.8 Å². The molecule has 17 N–H and O–H groups in total. The number of aliphatic hydroxyl groups excluding tert-OH is 5. The Morgan fingerprint density at radius 3 is 2.34 bits per heavy atom. The molecule has 7 rings (SSSR count). The van der Waals surface area contributed by atoms with E-state index in [0.29, 0.717) is 24.0 Å². The highest BCUT2D eigenvalue weighted by Crippen LogP contribution is 2.47. The van der Waals surface area contributed by atoms with Crippen LogP contribution in [0.2, 0.25) is 0 Å². The molecule has 0 aromatic heterocycles. The number of guanidine groups is 1. The Hall–Kier alpha value is -6.67. The van der Waals surface area contributed by atoms with E-state index < -0.39 is 120 Å². The van der Waals surface area contributed by atoms with E-state index in [2.05, 4.69) is 20.9 Å². The number of fused-ring (bicyclic) bond motifs is 2. The molecule has 4 heterocycles. The summed E-state index contributed by atoms with van der Waals surface area (Å²) in [6, 6.07) is 2.52. The van der Waals surface area contributed by atoms with Crippen molar-refractivity contribution in [3.05, 3.63) is 111 Å². The molecule has 1 saturated heterocycles. The van der Waals surface area contributed by atoms with Crippen LogP contribution >= 0.6 is 0 Å². The zero-order valence-corrected chi connectivity index (χ0v) is 38.3. The van der Waals surface area contributed by atoms with Crippen molar-refractivity contribution in [3.8, 4) is 17.2 Å². The number of phenolic OH excluding ortho intramolecular Hbond substituents is 1. The number of ketones is 2. The van der Waals surface area contributed by atoms with Gasteiger partial charge in [-0.15, -0.1) is 0 Å². The number of imide groups is 1.